The number of nitrogens with one attached hydrogen (secondary N) is 2. The molecule has 2 amide bonds. The summed E-state index contributed by atoms with van der Waals surface area (Å²) in [6.07, 6.45) is 3.89. The summed E-state index contributed by atoms with van der Waals surface area (Å²) in [4.78, 5) is 26.2. The Balaban J connectivity index is 1.65. The Morgan fingerprint density at radius 1 is 0.941 bits per heavy atom. The van der Waals surface area contributed by atoms with E-state index in [0.717, 1.165) is 10.5 Å². The highest BCUT2D eigenvalue weighted by Gasteiger charge is 2.20. The molecule has 6 nitrogen and oxygen atoms in total. The van der Waals surface area contributed by atoms with E-state index in [1.807, 2.05) is 61.5 Å². The van der Waals surface area contributed by atoms with Gasteiger partial charge in [-0.3, -0.25) is 9.59 Å². The molecule has 3 aromatic rings. The number of carbonyl (C=O) groups excluding carboxylic acids is 2. The van der Waals surface area contributed by atoms with E-state index in [1.165, 1.54) is 17.8 Å². The number of benzene rings is 3. The zero-order valence-electron chi connectivity index (χ0n) is 19.4. The van der Waals surface area contributed by atoms with Gasteiger partial charge in [0, 0.05) is 22.7 Å². The molecule has 0 saturated carbocycles. The van der Waals surface area contributed by atoms with Gasteiger partial charge in [0.1, 0.15) is 11.5 Å². The summed E-state index contributed by atoms with van der Waals surface area (Å²) >= 11 is 1.44. The van der Waals surface area contributed by atoms with Crippen LogP contribution in [0.5, 0.6) is 11.5 Å². The van der Waals surface area contributed by atoms with Gasteiger partial charge < -0.3 is 20.1 Å². The van der Waals surface area contributed by atoms with Gasteiger partial charge in [0.05, 0.1) is 25.2 Å². The van der Waals surface area contributed by atoms with E-state index in [0.29, 0.717) is 29.3 Å². The molecule has 0 aromatic heterocycles. The van der Waals surface area contributed by atoms with E-state index >= 15 is 0 Å². The Kier molecular flexibility index (Phi) is 9.17. The number of hydrogen-bond donors (Lipinski definition) is 2. The molecule has 1 unspecified atom stereocenters. The first-order chi connectivity index (χ1) is 16.5. The van der Waals surface area contributed by atoms with Crippen LogP contribution in [0.4, 0.5) is 11.4 Å². The Hall–Kier alpha value is -3.71. The van der Waals surface area contributed by atoms with E-state index in [1.54, 1.807) is 38.5 Å². The van der Waals surface area contributed by atoms with Crippen molar-refractivity contribution >= 4 is 41.0 Å². The topological polar surface area (TPSA) is 76.7 Å². The van der Waals surface area contributed by atoms with E-state index in [4.69, 9.17) is 9.47 Å². The van der Waals surface area contributed by atoms with Crippen molar-refractivity contribution < 1.29 is 19.1 Å². The summed E-state index contributed by atoms with van der Waals surface area (Å²) < 4.78 is 10.6. The van der Waals surface area contributed by atoms with Crippen LogP contribution in [-0.4, -0.2) is 31.3 Å². The van der Waals surface area contributed by atoms with Gasteiger partial charge in [-0.1, -0.05) is 43.3 Å². The summed E-state index contributed by atoms with van der Waals surface area (Å²) in [5.41, 5.74) is 2.17. The zero-order valence-corrected chi connectivity index (χ0v) is 20.2. The normalized spacial score (nSPS) is 11.6. The fourth-order valence-electron chi connectivity index (χ4n) is 3.18. The molecule has 34 heavy (non-hydrogen) atoms. The number of rotatable bonds is 10. The van der Waals surface area contributed by atoms with Gasteiger partial charge in [0.15, 0.2) is 0 Å². The maximum Gasteiger partial charge on any atom is 0.248 e. The maximum absolute atomic E-state index is 13.0. The minimum atomic E-state index is -0.333. The van der Waals surface area contributed by atoms with Crippen molar-refractivity contribution in [3.63, 3.8) is 0 Å². The molecule has 0 radical (unpaired) electrons. The summed E-state index contributed by atoms with van der Waals surface area (Å²) in [6, 6.07) is 22.3. The van der Waals surface area contributed by atoms with Crippen LogP contribution in [0.25, 0.3) is 6.08 Å². The first kappa shape index (κ1) is 24.9. The third kappa shape index (κ3) is 7.15. The first-order valence-corrected chi connectivity index (χ1v) is 11.7. The monoisotopic (exact) mass is 476 g/mol. The van der Waals surface area contributed by atoms with Gasteiger partial charge in [0.2, 0.25) is 11.8 Å². The van der Waals surface area contributed by atoms with Gasteiger partial charge in [-0.05, 0) is 48.4 Å². The summed E-state index contributed by atoms with van der Waals surface area (Å²) in [7, 11) is 3.12. The van der Waals surface area contributed by atoms with E-state index in [-0.39, 0.29) is 17.1 Å². The Labute approximate surface area is 204 Å². The first-order valence-electron chi connectivity index (χ1n) is 10.9. The van der Waals surface area contributed by atoms with Crippen LogP contribution in [0.15, 0.2) is 83.8 Å². The van der Waals surface area contributed by atoms with E-state index in [2.05, 4.69) is 10.6 Å². The second-order valence-corrected chi connectivity index (χ2v) is 8.61. The number of hydrogen-bond acceptors (Lipinski definition) is 5. The summed E-state index contributed by atoms with van der Waals surface area (Å²) in [5, 5.41) is 5.48. The Morgan fingerprint density at radius 3 is 2.44 bits per heavy atom. The molecule has 0 aliphatic heterocycles. The van der Waals surface area contributed by atoms with Crippen molar-refractivity contribution in [1.29, 1.82) is 0 Å². The highest BCUT2D eigenvalue weighted by Crippen LogP contribution is 2.32. The number of carbonyl (C=O) groups is 2. The van der Waals surface area contributed by atoms with Crippen molar-refractivity contribution in [3.8, 4) is 11.5 Å². The smallest absolute Gasteiger partial charge is 0.248 e. The fourth-order valence-corrected chi connectivity index (χ4v) is 4.19. The standard InChI is InChI=1S/C27H28N2O4S/c1-4-25(27(31)29-23-18-21(32-2)14-15-24(23)33-3)34-22-12-8-11-20(17-22)28-26(30)16-13-19-9-6-5-7-10-19/h5-18,25H,4H2,1-3H3,(H,28,30)(H,29,31)/b16-13+. The van der Waals surface area contributed by atoms with Crippen molar-refractivity contribution in [2.45, 2.75) is 23.5 Å². The summed E-state index contributed by atoms with van der Waals surface area (Å²) in [5.74, 6) is 0.823. The van der Waals surface area contributed by atoms with Crippen LogP contribution in [0.2, 0.25) is 0 Å². The van der Waals surface area contributed by atoms with E-state index in [9.17, 15) is 9.59 Å². The van der Waals surface area contributed by atoms with Gasteiger partial charge in [-0.2, -0.15) is 0 Å². The van der Waals surface area contributed by atoms with Crippen LogP contribution < -0.4 is 20.1 Å². The van der Waals surface area contributed by atoms with Gasteiger partial charge in [0.25, 0.3) is 0 Å². The molecule has 3 aromatic carbocycles. The largest absolute Gasteiger partial charge is 0.497 e. The highest BCUT2D eigenvalue weighted by molar-refractivity contribution is 8.00. The van der Waals surface area contributed by atoms with Gasteiger partial charge >= 0.3 is 0 Å². The molecule has 0 saturated heterocycles. The second kappa shape index (κ2) is 12.5. The third-order valence-electron chi connectivity index (χ3n) is 4.93. The van der Waals surface area contributed by atoms with Gasteiger partial charge in [-0.15, -0.1) is 11.8 Å². The lowest BCUT2D eigenvalue weighted by atomic mass is 10.2. The van der Waals surface area contributed by atoms with Crippen molar-refractivity contribution in [3.05, 3.63) is 84.4 Å². The highest BCUT2D eigenvalue weighted by atomic mass is 32.2. The van der Waals surface area contributed by atoms with Crippen LogP contribution >= 0.6 is 11.8 Å². The molecule has 0 fully saturated rings. The second-order valence-electron chi connectivity index (χ2n) is 7.33. The number of methoxy groups -OCH3 is 2. The molecule has 0 bridgehead atoms. The molecule has 1 atom stereocenters. The molecule has 2 N–H and O–H groups in total. The lowest BCUT2D eigenvalue weighted by molar-refractivity contribution is -0.115. The molecular formula is C27H28N2O4S. The van der Waals surface area contributed by atoms with Crippen LogP contribution in [0.3, 0.4) is 0 Å². The average Bonchev–Trinajstić information content (AvgIpc) is 2.86. The molecule has 3 rings (SSSR count). The average molecular weight is 477 g/mol. The van der Waals surface area contributed by atoms with Crippen LogP contribution in [-0.2, 0) is 9.59 Å². The molecule has 0 heterocycles. The fraction of sp³-hybridized carbons (Fsp3) is 0.185. The maximum atomic E-state index is 13.0. The quantitative estimate of drug-likeness (QED) is 0.283. The zero-order chi connectivity index (χ0) is 24.3. The minimum Gasteiger partial charge on any atom is -0.497 e. The predicted molar refractivity (Wildman–Crippen MR) is 139 cm³/mol. The number of ether oxygens (including phenoxy) is 2. The van der Waals surface area contributed by atoms with E-state index < -0.39 is 0 Å². The van der Waals surface area contributed by atoms with Crippen LogP contribution in [0.1, 0.15) is 18.9 Å². The van der Waals surface area contributed by atoms with Crippen molar-refractivity contribution in [2.75, 3.05) is 24.9 Å². The SMILES string of the molecule is CCC(Sc1cccc(NC(=O)/C=C/c2ccccc2)c1)C(=O)Nc1cc(OC)ccc1OC. The lowest BCUT2D eigenvalue weighted by Gasteiger charge is -2.17. The summed E-state index contributed by atoms with van der Waals surface area (Å²) in [6.45, 7) is 1.96. The van der Waals surface area contributed by atoms with Crippen LogP contribution in [0, 0.1) is 0 Å². The van der Waals surface area contributed by atoms with Crippen molar-refractivity contribution in [1.82, 2.24) is 0 Å². The predicted octanol–water partition coefficient (Wildman–Crippen LogP) is 5.87. The molecule has 176 valence electrons. The van der Waals surface area contributed by atoms with Crippen molar-refractivity contribution in [2.24, 2.45) is 0 Å². The Morgan fingerprint density at radius 2 is 1.74 bits per heavy atom. The Bertz CT molecular complexity index is 1150. The number of thioether (sulfide) groups is 1. The third-order valence-corrected chi connectivity index (χ3v) is 6.29. The minimum absolute atomic E-state index is 0.140. The molecule has 7 heteroatoms. The number of anilines is 2. The van der Waals surface area contributed by atoms with Gasteiger partial charge in [-0.25, -0.2) is 0 Å². The molecule has 0 aliphatic carbocycles. The molecule has 0 spiro atoms. The molecular weight excluding hydrogens is 448 g/mol. The molecule has 0 aliphatic rings. The number of amides is 2. The lowest BCUT2D eigenvalue weighted by Crippen LogP contribution is -2.24.